The summed E-state index contributed by atoms with van der Waals surface area (Å²) in [5.74, 6) is 1.23. The molecule has 0 aliphatic heterocycles. The molecule has 2 aromatic heterocycles. The van der Waals surface area contributed by atoms with Gasteiger partial charge in [0.05, 0.1) is 24.8 Å². The van der Waals surface area contributed by atoms with Crippen molar-refractivity contribution in [3.8, 4) is 22.9 Å². The Kier molecular flexibility index (Phi) is 5.90. The number of hydrogen-bond acceptors (Lipinski definition) is 7. The number of fused-ring (bicyclic) bond motifs is 1. The lowest BCUT2D eigenvalue weighted by molar-refractivity contribution is 0.355. The van der Waals surface area contributed by atoms with E-state index in [1.165, 1.54) is 23.5 Å². The molecular formula is C20H19FN4O4S2. The molecule has 0 aliphatic rings. The first kappa shape index (κ1) is 21.2. The van der Waals surface area contributed by atoms with Crippen molar-refractivity contribution in [1.29, 1.82) is 0 Å². The fourth-order valence-corrected chi connectivity index (χ4v) is 4.89. The standard InChI is InChI=1S/C20H19FN4O4S2/c1-28-17-8-3-13(11-18(17)29-2)19-23-20-25(24-19)15(12-30-20)9-10-22-31(26,27)16-6-4-14(21)5-7-16/h3-8,11-12,22H,9-10H2,1-2H3. The average molecular weight is 463 g/mol. The maximum Gasteiger partial charge on any atom is 0.240 e. The van der Waals surface area contributed by atoms with Gasteiger partial charge in [0.15, 0.2) is 17.3 Å². The van der Waals surface area contributed by atoms with Gasteiger partial charge in [0, 0.05) is 23.9 Å². The Labute approximate surface area is 182 Å². The minimum Gasteiger partial charge on any atom is -0.493 e. The number of benzene rings is 2. The molecule has 0 atom stereocenters. The SMILES string of the molecule is COc1ccc(-c2nc3scc(CCNS(=O)(=O)c4ccc(F)cc4)n3n2)cc1OC. The molecular weight excluding hydrogens is 443 g/mol. The van der Waals surface area contributed by atoms with Crippen molar-refractivity contribution in [2.24, 2.45) is 0 Å². The van der Waals surface area contributed by atoms with Crippen LogP contribution in [0.2, 0.25) is 0 Å². The lowest BCUT2D eigenvalue weighted by Gasteiger charge is -2.07. The molecule has 0 aliphatic carbocycles. The second-order valence-corrected chi connectivity index (χ2v) is 9.13. The van der Waals surface area contributed by atoms with E-state index in [2.05, 4.69) is 14.8 Å². The van der Waals surface area contributed by atoms with E-state index in [-0.39, 0.29) is 11.4 Å². The van der Waals surface area contributed by atoms with Crippen LogP contribution in [0.1, 0.15) is 5.69 Å². The maximum absolute atomic E-state index is 13.0. The van der Waals surface area contributed by atoms with Gasteiger partial charge in [-0.2, -0.15) is 4.98 Å². The van der Waals surface area contributed by atoms with Gasteiger partial charge in [0.25, 0.3) is 0 Å². The van der Waals surface area contributed by atoms with Gasteiger partial charge in [-0.15, -0.1) is 16.4 Å². The summed E-state index contributed by atoms with van der Waals surface area (Å²) >= 11 is 1.42. The summed E-state index contributed by atoms with van der Waals surface area (Å²) in [5, 5.41) is 6.45. The number of rotatable bonds is 8. The average Bonchev–Trinajstić information content (AvgIpc) is 3.35. The molecule has 1 N–H and O–H groups in total. The number of ether oxygens (including phenoxy) is 2. The monoisotopic (exact) mass is 462 g/mol. The van der Waals surface area contributed by atoms with Crippen LogP contribution in [-0.2, 0) is 16.4 Å². The molecule has 0 bridgehead atoms. The van der Waals surface area contributed by atoms with E-state index in [1.807, 2.05) is 11.4 Å². The van der Waals surface area contributed by atoms with Crippen molar-refractivity contribution in [3.63, 3.8) is 0 Å². The van der Waals surface area contributed by atoms with Crippen LogP contribution in [0.4, 0.5) is 4.39 Å². The number of aromatic nitrogens is 3. The molecule has 0 fully saturated rings. The van der Waals surface area contributed by atoms with Crippen molar-refractivity contribution < 1.29 is 22.3 Å². The Morgan fingerprint density at radius 3 is 2.55 bits per heavy atom. The van der Waals surface area contributed by atoms with Crippen LogP contribution in [0.3, 0.4) is 0 Å². The summed E-state index contributed by atoms with van der Waals surface area (Å²) in [6, 6.07) is 10.1. The van der Waals surface area contributed by atoms with E-state index in [0.717, 1.165) is 23.4 Å². The summed E-state index contributed by atoms with van der Waals surface area (Å²) in [6.45, 7) is 0.164. The smallest absolute Gasteiger partial charge is 0.240 e. The van der Waals surface area contributed by atoms with Crippen LogP contribution in [0, 0.1) is 5.82 Å². The minimum atomic E-state index is -3.72. The van der Waals surface area contributed by atoms with Crippen LogP contribution in [0.5, 0.6) is 11.5 Å². The van der Waals surface area contributed by atoms with Crippen LogP contribution in [0.25, 0.3) is 16.3 Å². The quantitative estimate of drug-likeness (QED) is 0.432. The molecule has 11 heteroatoms. The summed E-state index contributed by atoms with van der Waals surface area (Å²) < 4.78 is 52.5. The second-order valence-electron chi connectivity index (χ2n) is 6.53. The third-order valence-electron chi connectivity index (χ3n) is 4.59. The molecule has 0 spiro atoms. The predicted octanol–water partition coefficient (Wildman–Crippen LogP) is 3.14. The number of hydrogen-bond donors (Lipinski definition) is 1. The topological polar surface area (TPSA) is 94.8 Å². The molecule has 8 nitrogen and oxygen atoms in total. The number of methoxy groups -OCH3 is 2. The summed E-state index contributed by atoms with van der Waals surface area (Å²) in [5.41, 5.74) is 1.59. The first-order valence-electron chi connectivity index (χ1n) is 9.22. The normalized spacial score (nSPS) is 11.7. The summed E-state index contributed by atoms with van der Waals surface area (Å²) in [7, 11) is -0.590. The van der Waals surface area contributed by atoms with Gasteiger partial charge in [-0.1, -0.05) is 0 Å². The van der Waals surface area contributed by atoms with Gasteiger partial charge < -0.3 is 9.47 Å². The van der Waals surface area contributed by atoms with Crippen LogP contribution >= 0.6 is 11.3 Å². The second kappa shape index (κ2) is 8.61. The molecule has 162 valence electrons. The zero-order valence-corrected chi connectivity index (χ0v) is 18.3. The number of thiazole rings is 1. The van der Waals surface area contributed by atoms with Gasteiger partial charge in [-0.3, -0.25) is 0 Å². The Morgan fingerprint density at radius 1 is 1.10 bits per heavy atom. The lowest BCUT2D eigenvalue weighted by atomic mass is 10.2. The van der Waals surface area contributed by atoms with E-state index < -0.39 is 15.8 Å². The van der Waals surface area contributed by atoms with Crippen LogP contribution in [-0.4, -0.2) is 43.8 Å². The zero-order chi connectivity index (χ0) is 22.0. The fourth-order valence-electron chi connectivity index (χ4n) is 3.00. The van der Waals surface area contributed by atoms with Crippen molar-refractivity contribution in [2.75, 3.05) is 20.8 Å². The molecule has 2 aromatic carbocycles. The molecule has 0 amide bonds. The van der Waals surface area contributed by atoms with E-state index in [1.54, 1.807) is 30.9 Å². The zero-order valence-electron chi connectivity index (χ0n) is 16.7. The van der Waals surface area contributed by atoms with Gasteiger partial charge >= 0.3 is 0 Å². The Bertz CT molecular complexity index is 1320. The van der Waals surface area contributed by atoms with Gasteiger partial charge in [0.2, 0.25) is 15.0 Å². The van der Waals surface area contributed by atoms with Crippen LogP contribution < -0.4 is 14.2 Å². The first-order valence-corrected chi connectivity index (χ1v) is 11.6. The first-order chi connectivity index (χ1) is 14.9. The Hall–Kier alpha value is -3.02. The predicted molar refractivity (Wildman–Crippen MR) is 115 cm³/mol. The lowest BCUT2D eigenvalue weighted by Crippen LogP contribution is -2.26. The molecule has 0 unspecified atom stereocenters. The number of nitrogens with zero attached hydrogens (tertiary/aromatic N) is 3. The Balaban J connectivity index is 1.50. The highest BCUT2D eigenvalue weighted by atomic mass is 32.2. The van der Waals surface area contributed by atoms with Crippen molar-refractivity contribution in [2.45, 2.75) is 11.3 Å². The molecule has 31 heavy (non-hydrogen) atoms. The van der Waals surface area contributed by atoms with Crippen molar-refractivity contribution in [3.05, 3.63) is 59.4 Å². The van der Waals surface area contributed by atoms with E-state index >= 15 is 0 Å². The summed E-state index contributed by atoms with van der Waals surface area (Å²) in [4.78, 5) is 5.26. The molecule has 0 radical (unpaired) electrons. The highest BCUT2D eigenvalue weighted by Crippen LogP contribution is 2.31. The highest BCUT2D eigenvalue weighted by Gasteiger charge is 2.16. The van der Waals surface area contributed by atoms with E-state index in [4.69, 9.17) is 9.47 Å². The van der Waals surface area contributed by atoms with Gasteiger partial charge in [-0.25, -0.2) is 22.0 Å². The third-order valence-corrected chi connectivity index (χ3v) is 6.93. The largest absolute Gasteiger partial charge is 0.493 e. The number of sulfonamides is 1. The molecule has 4 aromatic rings. The molecule has 0 saturated carbocycles. The van der Waals surface area contributed by atoms with E-state index in [9.17, 15) is 12.8 Å². The highest BCUT2D eigenvalue weighted by molar-refractivity contribution is 7.89. The number of halogens is 1. The number of nitrogens with one attached hydrogen (secondary N) is 1. The van der Waals surface area contributed by atoms with E-state index in [0.29, 0.717) is 28.7 Å². The molecule has 4 rings (SSSR count). The fraction of sp³-hybridized carbons (Fsp3) is 0.200. The van der Waals surface area contributed by atoms with Crippen LogP contribution in [0.15, 0.2) is 52.7 Å². The third kappa shape index (κ3) is 4.38. The van der Waals surface area contributed by atoms with Gasteiger partial charge in [0.1, 0.15) is 5.82 Å². The molecule has 2 heterocycles. The summed E-state index contributed by atoms with van der Waals surface area (Å²) in [6.07, 6.45) is 0.412. The molecule has 0 saturated heterocycles. The Morgan fingerprint density at radius 2 is 1.84 bits per heavy atom. The van der Waals surface area contributed by atoms with Gasteiger partial charge in [-0.05, 0) is 42.5 Å². The van der Waals surface area contributed by atoms with Crippen molar-refractivity contribution in [1.82, 2.24) is 19.3 Å². The van der Waals surface area contributed by atoms with Crippen molar-refractivity contribution >= 4 is 26.3 Å². The minimum absolute atomic E-state index is 0.0147. The maximum atomic E-state index is 13.0.